The van der Waals surface area contributed by atoms with Crippen LogP contribution in [0.3, 0.4) is 0 Å². The van der Waals surface area contributed by atoms with Gasteiger partial charge in [-0.05, 0) is 38.8 Å². The third kappa shape index (κ3) is 9.80. The van der Waals surface area contributed by atoms with Gasteiger partial charge in [0.05, 0.1) is 13.2 Å². The molecule has 0 saturated heterocycles. The summed E-state index contributed by atoms with van der Waals surface area (Å²) in [6.45, 7) is 8.66. The Balaban J connectivity index is 0.00000484. The molecule has 2 N–H and O–H groups in total. The van der Waals surface area contributed by atoms with E-state index in [0.29, 0.717) is 26.1 Å². The SMILES string of the molecule is CCNC(=NCc1ccc(CC)s1)NCCCC(=O)OCC.I. The number of nitrogens with zero attached hydrogens (tertiary/aromatic N) is 1. The quantitative estimate of drug-likeness (QED) is 0.198. The molecule has 0 bridgehead atoms. The van der Waals surface area contributed by atoms with Gasteiger partial charge in [0.2, 0.25) is 0 Å². The van der Waals surface area contributed by atoms with Gasteiger partial charge in [-0.1, -0.05) is 6.92 Å². The molecule has 132 valence electrons. The highest BCUT2D eigenvalue weighted by Crippen LogP contribution is 2.17. The number of carbonyl (C=O) groups excluding carboxylic acids is 1. The van der Waals surface area contributed by atoms with E-state index in [1.165, 1.54) is 9.75 Å². The third-order valence-corrected chi connectivity index (χ3v) is 4.17. The van der Waals surface area contributed by atoms with E-state index in [1.54, 1.807) is 11.3 Å². The first-order valence-electron chi connectivity index (χ1n) is 7.94. The second-order valence-electron chi connectivity index (χ2n) is 4.75. The molecule has 0 aliphatic rings. The Morgan fingerprint density at radius 2 is 1.96 bits per heavy atom. The van der Waals surface area contributed by atoms with Crippen LogP contribution < -0.4 is 10.6 Å². The molecular formula is C16H28IN3O2S. The number of halogens is 1. The Labute approximate surface area is 160 Å². The lowest BCUT2D eigenvalue weighted by atomic mass is 10.3. The van der Waals surface area contributed by atoms with Crippen molar-refractivity contribution in [1.29, 1.82) is 0 Å². The summed E-state index contributed by atoms with van der Waals surface area (Å²) >= 11 is 1.81. The molecule has 0 saturated carbocycles. The van der Waals surface area contributed by atoms with E-state index in [9.17, 15) is 4.79 Å². The number of esters is 1. The van der Waals surface area contributed by atoms with Crippen LogP contribution in [0, 0.1) is 0 Å². The molecule has 1 heterocycles. The summed E-state index contributed by atoms with van der Waals surface area (Å²) in [4.78, 5) is 18.5. The molecule has 1 aromatic rings. The van der Waals surface area contributed by atoms with Gasteiger partial charge in [-0.15, -0.1) is 35.3 Å². The van der Waals surface area contributed by atoms with Gasteiger partial charge in [-0.25, -0.2) is 4.99 Å². The first kappa shape index (κ1) is 22.2. The molecule has 0 aliphatic carbocycles. The van der Waals surface area contributed by atoms with Crippen molar-refractivity contribution >= 4 is 47.2 Å². The number of ether oxygens (including phenoxy) is 1. The lowest BCUT2D eigenvalue weighted by Gasteiger charge is -2.10. The summed E-state index contributed by atoms with van der Waals surface area (Å²) in [5.74, 6) is 0.648. The lowest BCUT2D eigenvalue weighted by Crippen LogP contribution is -2.37. The first-order valence-corrected chi connectivity index (χ1v) is 8.76. The van der Waals surface area contributed by atoms with Crippen molar-refractivity contribution in [3.05, 3.63) is 21.9 Å². The van der Waals surface area contributed by atoms with Crippen LogP contribution in [-0.2, 0) is 22.5 Å². The minimum absolute atomic E-state index is 0. The summed E-state index contributed by atoms with van der Waals surface area (Å²) in [5, 5.41) is 6.46. The fraction of sp³-hybridized carbons (Fsp3) is 0.625. The number of hydrogen-bond acceptors (Lipinski definition) is 4. The van der Waals surface area contributed by atoms with Crippen LogP contribution in [0.2, 0.25) is 0 Å². The van der Waals surface area contributed by atoms with Gasteiger partial charge in [0.15, 0.2) is 5.96 Å². The number of nitrogens with one attached hydrogen (secondary N) is 2. The van der Waals surface area contributed by atoms with E-state index < -0.39 is 0 Å². The van der Waals surface area contributed by atoms with Gasteiger partial charge < -0.3 is 15.4 Å². The molecule has 0 fully saturated rings. The highest BCUT2D eigenvalue weighted by molar-refractivity contribution is 14.0. The summed E-state index contributed by atoms with van der Waals surface area (Å²) in [7, 11) is 0. The van der Waals surface area contributed by atoms with Crippen molar-refractivity contribution in [2.45, 2.75) is 46.6 Å². The monoisotopic (exact) mass is 453 g/mol. The smallest absolute Gasteiger partial charge is 0.305 e. The molecule has 0 atom stereocenters. The molecule has 0 spiro atoms. The molecule has 7 heteroatoms. The average molecular weight is 453 g/mol. The standard InChI is InChI=1S/C16H27N3O2S.HI/c1-4-13-9-10-14(22-13)12-19-16(17-5-2)18-11-7-8-15(20)21-6-3;/h9-10H,4-8,11-12H2,1-3H3,(H2,17,18,19);1H. The Morgan fingerprint density at radius 1 is 1.22 bits per heavy atom. The third-order valence-electron chi connectivity index (χ3n) is 2.96. The molecule has 0 aliphatic heterocycles. The van der Waals surface area contributed by atoms with Crippen LogP contribution in [0.4, 0.5) is 0 Å². The fourth-order valence-corrected chi connectivity index (χ4v) is 2.75. The van der Waals surface area contributed by atoms with Crippen molar-refractivity contribution in [3.63, 3.8) is 0 Å². The van der Waals surface area contributed by atoms with Gasteiger partial charge >= 0.3 is 5.97 Å². The van der Waals surface area contributed by atoms with Crippen molar-refractivity contribution < 1.29 is 9.53 Å². The highest BCUT2D eigenvalue weighted by Gasteiger charge is 2.03. The van der Waals surface area contributed by atoms with Crippen molar-refractivity contribution in [2.24, 2.45) is 4.99 Å². The number of rotatable bonds is 9. The van der Waals surface area contributed by atoms with E-state index >= 15 is 0 Å². The van der Waals surface area contributed by atoms with Gasteiger partial charge in [0.1, 0.15) is 0 Å². The van der Waals surface area contributed by atoms with Crippen LogP contribution in [0.25, 0.3) is 0 Å². The number of aliphatic imine (C=N–C) groups is 1. The van der Waals surface area contributed by atoms with Gasteiger partial charge in [-0.2, -0.15) is 0 Å². The maximum absolute atomic E-state index is 11.3. The molecule has 0 aromatic carbocycles. The van der Waals surface area contributed by atoms with Gasteiger partial charge in [-0.3, -0.25) is 4.79 Å². The Bertz CT molecular complexity index is 478. The van der Waals surface area contributed by atoms with Crippen LogP contribution >= 0.6 is 35.3 Å². The van der Waals surface area contributed by atoms with Crippen LogP contribution in [0.15, 0.2) is 17.1 Å². The first-order chi connectivity index (χ1) is 10.7. The number of hydrogen-bond donors (Lipinski definition) is 2. The second-order valence-corrected chi connectivity index (χ2v) is 6.00. The van der Waals surface area contributed by atoms with Crippen LogP contribution in [0.1, 0.15) is 43.4 Å². The molecular weight excluding hydrogens is 425 g/mol. The van der Waals surface area contributed by atoms with Crippen molar-refractivity contribution in [1.82, 2.24) is 10.6 Å². The Morgan fingerprint density at radius 3 is 2.57 bits per heavy atom. The Hall–Kier alpha value is -0.830. The van der Waals surface area contributed by atoms with E-state index in [4.69, 9.17) is 4.74 Å². The predicted molar refractivity (Wildman–Crippen MR) is 108 cm³/mol. The highest BCUT2D eigenvalue weighted by atomic mass is 127. The summed E-state index contributed by atoms with van der Waals surface area (Å²) in [6.07, 6.45) is 2.24. The van der Waals surface area contributed by atoms with E-state index in [0.717, 1.165) is 25.3 Å². The summed E-state index contributed by atoms with van der Waals surface area (Å²) in [6, 6.07) is 4.30. The lowest BCUT2D eigenvalue weighted by molar-refractivity contribution is -0.143. The zero-order valence-electron chi connectivity index (χ0n) is 14.2. The number of guanidine groups is 1. The van der Waals surface area contributed by atoms with Crippen molar-refractivity contribution in [2.75, 3.05) is 19.7 Å². The van der Waals surface area contributed by atoms with E-state index in [-0.39, 0.29) is 29.9 Å². The number of aryl methyl sites for hydroxylation is 1. The van der Waals surface area contributed by atoms with Crippen molar-refractivity contribution in [3.8, 4) is 0 Å². The van der Waals surface area contributed by atoms with Gasteiger partial charge in [0, 0.05) is 29.3 Å². The van der Waals surface area contributed by atoms with E-state index in [2.05, 4.69) is 34.7 Å². The molecule has 1 aromatic heterocycles. The van der Waals surface area contributed by atoms with E-state index in [1.807, 2.05) is 13.8 Å². The maximum Gasteiger partial charge on any atom is 0.305 e. The average Bonchev–Trinajstić information content (AvgIpc) is 2.97. The second kappa shape index (κ2) is 13.6. The Kier molecular flexibility index (Phi) is 13.1. The zero-order chi connectivity index (χ0) is 16.2. The molecule has 5 nitrogen and oxygen atoms in total. The molecule has 0 amide bonds. The van der Waals surface area contributed by atoms with Gasteiger partial charge in [0.25, 0.3) is 0 Å². The zero-order valence-corrected chi connectivity index (χ0v) is 17.3. The minimum atomic E-state index is -0.142. The number of carbonyl (C=O) groups is 1. The molecule has 23 heavy (non-hydrogen) atoms. The summed E-state index contributed by atoms with van der Waals surface area (Å²) < 4.78 is 4.90. The topological polar surface area (TPSA) is 62.7 Å². The molecule has 1 rings (SSSR count). The number of thiophene rings is 1. The maximum atomic E-state index is 11.3. The van der Waals surface area contributed by atoms with Crippen LogP contribution in [-0.4, -0.2) is 31.6 Å². The molecule has 0 radical (unpaired) electrons. The largest absolute Gasteiger partial charge is 0.466 e. The van der Waals surface area contributed by atoms with Crippen LogP contribution in [0.5, 0.6) is 0 Å². The minimum Gasteiger partial charge on any atom is -0.466 e. The fourth-order valence-electron chi connectivity index (χ4n) is 1.87. The summed E-state index contributed by atoms with van der Waals surface area (Å²) in [5.41, 5.74) is 0. The molecule has 0 unspecified atom stereocenters. The normalized spacial score (nSPS) is 10.8. The predicted octanol–water partition coefficient (Wildman–Crippen LogP) is 3.33.